The van der Waals surface area contributed by atoms with E-state index < -0.39 is 0 Å². The molecular formula is C12H17NO. The van der Waals surface area contributed by atoms with Crippen LogP contribution in [-0.4, -0.2) is 12.5 Å². The van der Waals surface area contributed by atoms with E-state index in [1.165, 1.54) is 0 Å². The lowest BCUT2D eigenvalue weighted by molar-refractivity contribution is -0.117. The highest BCUT2D eigenvalue weighted by Crippen LogP contribution is 2.14. The van der Waals surface area contributed by atoms with E-state index >= 15 is 0 Å². The van der Waals surface area contributed by atoms with Gasteiger partial charge in [0, 0.05) is 12.1 Å². The van der Waals surface area contributed by atoms with E-state index in [0.29, 0.717) is 11.5 Å². The first kappa shape index (κ1) is 10.8. The largest absolute Gasteiger partial charge is 0.352 e. The topological polar surface area (TPSA) is 29.1 Å². The van der Waals surface area contributed by atoms with Gasteiger partial charge in [-0.2, -0.15) is 0 Å². The average molecular weight is 191 g/mol. The molecule has 2 nitrogen and oxygen atoms in total. The quantitative estimate of drug-likeness (QED) is 0.524. The summed E-state index contributed by atoms with van der Waals surface area (Å²) in [5.74, 6) is 0.527. The predicted molar refractivity (Wildman–Crippen MR) is 58.8 cm³/mol. The summed E-state index contributed by atoms with van der Waals surface area (Å²) < 4.78 is 0. The summed E-state index contributed by atoms with van der Waals surface area (Å²) in [5.41, 5.74) is 0.575. The third-order valence-corrected chi connectivity index (χ3v) is 2.22. The van der Waals surface area contributed by atoms with Crippen molar-refractivity contribution >= 4 is 5.91 Å². The fourth-order valence-corrected chi connectivity index (χ4v) is 1.36. The molecule has 1 aliphatic rings. The first-order valence-corrected chi connectivity index (χ1v) is 4.99. The maximum Gasteiger partial charge on any atom is 0.246 e. The lowest BCUT2D eigenvalue weighted by Gasteiger charge is -2.06. The molecule has 0 fully saturated rings. The van der Waals surface area contributed by atoms with Gasteiger partial charge in [-0.15, -0.1) is 0 Å². The minimum Gasteiger partial charge on any atom is -0.352 e. The molecule has 76 valence electrons. The fraction of sp³-hybridized carbons (Fsp3) is 0.417. The normalized spacial score (nSPS) is 14.6. The number of rotatable bonds is 5. The summed E-state index contributed by atoms with van der Waals surface area (Å²) >= 11 is 0. The van der Waals surface area contributed by atoms with Crippen LogP contribution in [0.2, 0.25) is 0 Å². The molecule has 0 heterocycles. The Balaban J connectivity index is 2.04. The van der Waals surface area contributed by atoms with Gasteiger partial charge in [-0.05, 0) is 25.7 Å². The van der Waals surface area contributed by atoms with Crippen molar-refractivity contribution in [2.75, 3.05) is 6.54 Å². The van der Waals surface area contributed by atoms with Crippen molar-refractivity contribution in [3.8, 4) is 0 Å². The SMILES string of the molecule is C=C(C)C(=O)NCCCC1C=CC=C1. The molecular weight excluding hydrogens is 174 g/mol. The zero-order chi connectivity index (χ0) is 10.4. The van der Waals surface area contributed by atoms with Crippen LogP contribution in [0.25, 0.3) is 0 Å². The molecule has 0 saturated carbocycles. The molecule has 0 aromatic rings. The third-order valence-electron chi connectivity index (χ3n) is 2.22. The first-order chi connectivity index (χ1) is 6.70. The molecule has 14 heavy (non-hydrogen) atoms. The van der Waals surface area contributed by atoms with Gasteiger partial charge in [0.15, 0.2) is 0 Å². The van der Waals surface area contributed by atoms with E-state index in [1.54, 1.807) is 6.92 Å². The monoisotopic (exact) mass is 191 g/mol. The Morgan fingerprint density at radius 1 is 1.43 bits per heavy atom. The number of hydrogen-bond acceptors (Lipinski definition) is 1. The number of carbonyl (C=O) groups excluding carboxylic acids is 1. The van der Waals surface area contributed by atoms with Gasteiger partial charge in [0.1, 0.15) is 0 Å². The van der Waals surface area contributed by atoms with Gasteiger partial charge in [-0.1, -0.05) is 30.9 Å². The van der Waals surface area contributed by atoms with Crippen LogP contribution in [0.15, 0.2) is 36.5 Å². The van der Waals surface area contributed by atoms with Crippen LogP contribution in [0, 0.1) is 5.92 Å². The van der Waals surface area contributed by atoms with Crippen molar-refractivity contribution in [2.24, 2.45) is 5.92 Å². The molecule has 0 unspecified atom stereocenters. The van der Waals surface area contributed by atoms with E-state index in [4.69, 9.17) is 0 Å². The maximum absolute atomic E-state index is 11.1. The molecule has 0 aliphatic heterocycles. The van der Waals surface area contributed by atoms with Gasteiger partial charge in [0.05, 0.1) is 0 Å². The van der Waals surface area contributed by atoms with Crippen molar-refractivity contribution < 1.29 is 4.79 Å². The lowest BCUT2D eigenvalue weighted by atomic mass is 10.1. The van der Waals surface area contributed by atoms with Gasteiger partial charge >= 0.3 is 0 Å². The molecule has 1 aliphatic carbocycles. The molecule has 2 heteroatoms. The molecule has 0 aromatic heterocycles. The number of allylic oxidation sites excluding steroid dienone is 4. The number of amides is 1. The van der Waals surface area contributed by atoms with E-state index in [9.17, 15) is 4.79 Å². The Morgan fingerprint density at radius 2 is 2.07 bits per heavy atom. The van der Waals surface area contributed by atoms with Crippen LogP contribution in [0.5, 0.6) is 0 Å². The van der Waals surface area contributed by atoms with E-state index in [0.717, 1.165) is 19.4 Å². The lowest BCUT2D eigenvalue weighted by Crippen LogP contribution is -2.24. The van der Waals surface area contributed by atoms with Crippen LogP contribution in [0.3, 0.4) is 0 Å². The smallest absolute Gasteiger partial charge is 0.246 e. The highest BCUT2D eigenvalue weighted by atomic mass is 16.1. The van der Waals surface area contributed by atoms with Gasteiger partial charge in [-0.3, -0.25) is 4.79 Å². The molecule has 0 spiro atoms. The Morgan fingerprint density at radius 3 is 2.64 bits per heavy atom. The second-order valence-electron chi connectivity index (χ2n) is 3.61. The summed E-state index contributed by atoms with van der Waals surface area (Å²) in [6.07, 6.45) is 10.6. The number of carbonyl (C=O) groups is 1. The molecule has 0 saturated heterocycles. The van der Waals surface area contributed by atoms with Crippen LogP contribution < -0.4 is 5.32 Å². The van der Waals surface area contributed by atoms with Crippen molar-refractivity contribution in [3.63, 3.8) is 0 Å². The molecule has 0 radical (unpaired) electrons. The Bertz CT molecular complexity index is 264. The van der Waals surface area contributed by atoms with E-state index in [2.05, 4.69) is 36.2 Å². The summed E-state index contributed by atoms with van der Waals surface area (Å²) in [6, 6.07) is 0. The summed E-state index contributed by atoms with van der Waals surface area (Å²) in [7, 11) is 0. The van der Waals surface area contributed by atoms with E-state index in [-0.39, 0.29) is 5.91 Å². The molecule has 1 amide bonds. The number of nitrogens with one attached hydrogen (secondary N) is 1. The standard InChI is InChI=1S/C12H17NO/c1-10(2)12(14)13-9-5-8-11-6-3-4-7-11/h3-4,6-7,11H,1,5,8-9H2,2H3,(H,13,14). The fourth-order valence-electron chi connectivity index (χ4n) is 1.36. The number of hydrogen-bond donors (Lipinski definition) is 1. The van der Waals surface area contributed by atoms with Crippen molar-refractivity contribution in [2.45, 2.75) is 19.8 Å². The molecule has 1 rings (SSSR count). The summed E-state index contributed by atoms with van der Waals surface area (Å²) in [5, 5.41) is 2.82. The molecule has 0 atom stereocenters. The Hall–Kier alpha value is -1.31. The average Bonchev–Trinajstić information content (AvgIpc) is 2.64. The minimum atomic E-state index is -0.0393. The highest BCUT2D eigenvalue weighted by molar-refractivity contribution is 5.91. The second-order valence-corrected chi connectivity index (χ2v) is 3.61. The summed E-state index contributed by atoms with van der Waals surface area (Å²) in [6.45, 7) is 6.04. The second kappa shape index (κ2) is 5.43. The zero-order valence-corrected chi connectivity index (χ0v) is 8.62. The Labute approximate surface area is 85.4 Å². The zero-order valence-electron chi connectivity index (χ0n) is 8.62. The molecule has 0 aromatic carbocycles. The molecule has 1 N–H and O–H groups in total. The third kappa shape index (κ3) is 3.60. The highest BCUT2D eigenvalue weighted by Gasteiger charge is 2.04. The maximum atomic E-state index is 11.1. The first-order valence-electron chi connectivity index (χ1n) is 4.99. The summed E-state index contributed by atoms with van der Waals surface area (Å²) in [4.78, 5) is 11.1. The van der Waals surface area contributed by atoms with Crippen molar-refractivity contribution in [1.29, 1.82) is 0 Å². The van der Waals surface area contributed by atoms with Gasteiger partial charge in [0.2, 0.25) is 5.91 Å². The minimum absolute atomic E-state index is 0.0393. The predicted octanol–water partition coefficient (Wildman–Crippen LogP) is 2.20. The van der Waals surface area contributed by atoms with Crippen molar-refractivity contribution in [3.05, 3.63) is 36.5 Å². The van der Waals surface area contributed by atoms with Crippen LogP contribution in [-0.2, 0) is 4.79 Å². The van der Waals surface area contributed by atoms with Gasteiger partial charge in [-0.25, -0.2) is 0 Å². The van der Waals surface area contributed by atoms with E-state index in [1.807, 2.05) is 0 Å². The van der Waals surface area contributed by atoms with Crippen LogP contribution in [0.1, 0.15) is 19.8 Å². The van der Waals surface area contributed by atoms with Crippen LogP contribution >= 0.6 is 0 Å². The Kier molecular flexibility index (Phi) is 4.17. The van der Waals surface area contributed by atoms with Gasteiger partial charge < -0.3 is 5.32 Å². The van der Waals surface area contributed by atoms with Crippen LogP contribution in [0.4, 0.5) is 0 Å². The molecule has 0 bridgehead atoms. The van der Waals surface area contributed by atoms with Crippen molar-refractivity contribution in [1.82, 2.24) is 5.32 Å². The van der Waals surface area contributed by atoms with Gasteiger partial charge in [0.25, 0.3) is 0 Å².